The second kappa shape index (κ2) is 4.67. The number of nitrogens with two attached hydrogens (primary N) is 1. The molecule has 1 aliphatic rings. The van der Waals surface area contributed by atoms with Crippen LogP contribution in [0.15, 0.2) is 36.4 Å². The number of nitrogen functional groups attached to an aromatic ring is 1. The number of fused-ring (bicyclic) bond motifs is 1. The van der Waals surface area contributed by atoms with Crippen molar-refractivity contribution in [3.05, 3.63) is 58.7 Å². The van der Waals surface area contributed by atoms with Crippen molar-refractivity contribution in [2.24, 2.45) is 0 Å². The Kier molecular flexibility index (Phi) is 2.97. The van der Waals surface area contributed by atoms with E-state index in [2.05, 4.69) is 0 Å². The van der Waals surface area contributed by atoms with Crippen molar-refractivity contribution in [3.8, 4) is 5.75 Å². The summed E-state index contributed by atoms with van der Waals surface area (Å²) in [5.74, 6) is 0.889. The van der Waals surface area contributed by atoms with Crippen LogP contribution < -0.4 is 10.5 Å². The molecule has 1 unspecified atom stereocenters. The van der Waals surface area contributed by atoms with Gasteiger partial charge in [0, 0.05) is 23.2 Å². The number of carbonyl (C=O) groups excluding carboxylic acids is 1. The van der Waals surface area contributed by atoms with E-state index in [-0.39, 0.29) is 11.9 Å². The fourth-order valence-electron chi connectivity index (χ4n) is 2.67. The molecule has 2 aromatic rings. The average Bonchev–Trinajstić information content (AvgIpc) is 2.75. The lowest BCUT2D eigenvalue weighted by atomic mass is 9.98. The van der Waals surface area contributed by atoms with Gasteiger partial charge in [-0.15, -0.1) is 0 Å². The van der Waals surface area contributed by atoms with Crippen molar-refractivity contribution in [3.63, 3.8) is 0 Å². The second-order valence-electron chi connectivity index (χ2n) is 5.42. The van der Waals surface area contributed by atoms with Gasteiger partial charge in [-0.2, -0.15) is 0 Å². The summed E-state index contributed by atoms with van der Waals surface area (Å²) in [6, 6.07) is 11.1. The summed E-state index contributed by atoms with van der Waals surface area (Å²) in [5, 5.41) is 0. The molecule has 0 aromatic heterocycles. The van der Waals surface area contributed by atoms with E-state index < -0.39 is 0 Å². The monoisotopic (exact) mass is 267 g/mol. The van der Waals surface area contributed by atoms with Gasteiger partial charge in [-0.25, -0.2) is 0 Å². The van der Waals surface area contributed by atoms with Crippen LogP contribution >= 0.6 is 0 Å². The van der Waals surface area contributed by atoms with Crippen LogP contribution in [-0.4, -0.2) is 11.9 Å². The number of aryl methyl sites for hydroxylation is 1. The van der Waals surface area contributed by atoms with E-state index in [1.165, 1.54) is 0 Å². The Bertz CT molecular complexity index is 671. The first-order valence-corrected chi connectivity index (χ1v) is 6.74. The molecule has 1 atom stereocenters. The summed E-state index contributed by atoms with van der Waals surface area (Å²) in [6.07, 6.45) is 1.04. The molecular formula is C17H17NO2. The third-order valence-electron chi connectivity index (χ3n) is 3.52. The second-order valence-corrected chi connectivity index (χ2v) is 5.42. The van der Waals surface area contributed by atoms with E-state index in [9.17, 15) is 4.79 Å². The molecule has 1 heterocycles. The van der Waals surface area contributed by atoms with Gasteiger partial charge in [-0.3, -0.25) is 4.79 Å². The molecular weight excluding hydrogens is 250 g/mol. The normalized spacial score (nSPS) is 16.6. The number of rotatable bonds is 2. The zero-order valence-corrected chi connectivity index (χ0v) is 11.6. The largest absolute Gasteiger partial charge is 0.490 e. The van der Waals surface area contributed by atoms with Gasteiger partial charge in [0.25, 0.3) is 0 Å². The van der Waals surface area contributed by atoms with Crippen molar-refractivity contribution >= 4 is 11.5 Å². The predicted molar refractivity (Wildman–Crippen MR) is 79.3 cm³/mol. The topological polar surface area (TPSA) is 52.3 Å². The molecule has 102 valence electrons. The molecule has 0 fully saturated rings. The van der Waals surface area contributed by atoms with Crippen LogP contribution in [0.3, 0.4) is 0 Å². The molecule has 0 saturated carbocycles. The lowest BCUT2D eigenvalue weighted by Gasteiger charge is -2.06. The smallest absolute Gasteiger partial charge is 0.193 e. The zero-order chi connectivity index (χ0) is 14.3. The van der Waals surface area contributed by atoms with E-state index in [0.717, 1.165) is 23.3 Å². The number of anilines is 1. The summed E-state index contributed by atoms with van der Waals surface area (Å²) in [6.45, 7) is 3.97. The number of benzene rings is 2. The first-order chi connectivity index (χ1) is 9.52. The lowest BCUT2D eigenvalue weighted by Crippen LogP contribution is -2.05. The molecule has 3 heteroatoms. The lowest BCUT2D eigenvalue weighted by molar-refractivity contribution is 0.103. The predicted octanol–water partition coefficient (Wildman–Crippen LogP) is 3.13. The number of carbonyl (C=O) groups is 1. The molecule has 0 bridgehead atoms. The van der Waals surface area contributed by atoms with E-state index in [1.807, 2.05) is 44.2 Å². The molecule has 0 amide bonds. The van der Waals surface area contributed by atoms with Crippen molar-refractivity contribution in [1.29, 1.82) is 0 Å². The molecule has 3 rings (SSSR count). The Morgan fingerprint density at radius 3 is 2.75 bits per heavy atom. The minimum atomic E-state index is 0.00255. The number of hydrogen-bond acceptors (Lipinski definition) is 3. The maximum Gasteiger partial charge on any atom is 0.193 e. The molecule has 0 radical (unpaired) electrons. The quantitative estimate of drug-likeness (QED) is 0.672. The van der Waals surface area contributed by atoms with Gasteiger partial charge < -0.3 is 10.5 Å². The molecule has 2 N–H and O–H groups in total. The zero-order valence-electron chi connectivity index (χ0n) is 11.6. The van der Waals surface area contributed by atoms with E-state index in [4.69, 9.17) is 10.5 Å². The van der Waals surface area contributed by atoms with Gasteiger partial charge in [-0.05, 0) is 61.4 Å². The third-order valence-corrected chi connectivity index (χ3v) is 3.52. The average molecular weight is 267 g/mol. The Balaban J connectivity index is 1.97. The molecule has 0 saturated heterocycles. The fraction of sp³-hybridized carbons (Fsp3) is 0.235. The van der Waals surface area contributed by atoms with E-state index in [1.54, 1.807) is 6.07 Å². The van der Waals surface area contributed by atoms with Gasteiger partial charge in [0.2, 0.25) is 0 Å². The Hall–Kier alpha value is -2.29. The third kappa shape index (κ3) is 2.27. The maximum absolute atomic E-state index is 12.5. The van der Waals surface area contributed by atoms with Crippen molar-refractivity contribution in [2.45, 2.75) is 26.4 Å². The molecule has 20 heavy (non-hydrogen) atoms. The molecule has 0 aliphatic carbocycles. The van der Waals surface area contributed by atoms with Gasteiger partial charge in [0.1, 0.15) is 11.9 Å². The SMILES string of the molecule is Cc1cc(N)cc(C(=O)c2ccc3c(c2)CC(C)O3)c1. The highest BCUT2D eigenvalue weighted by atomic mass is 16.5. The minimum absolute atomic E-state index is 0.00255. The van der Waals surface area contributed by atoms with Gasteiger partial charge >= 0.3 is 0 Å². The highest BCUT2D eigenvalue weighted by Crippen LogP contribution is 2.30. The highest BCUT2D eigenvalue weighted by Gasteiger charge is 2.20. The molecule has 3 nitrogen and oxygen atoms in total. The van der Waals surface area contributed by atoms with Crippen LogP contribution in [0.5, 0.6) is 5.75 Å². The van der Waals surface area contributed by atoms with Crippen LogP contribution in [-0.2, 0) is 6.42 Å². The van der Waals surface area contributed by atoms with Gasteiger partial charge in [-0.1, -0.05) is 0 Å². The number of ether oxygens (including phenoxy) is 1. The summed E-state index contributed by atoms with van der Waals surface area (Å²) in [5.41, 5.74) is 9.84. The van der Waals surface area contributed by atoms with Crippen molar-refractivity contribution < 1.29 is 9.53 Å². The van der Waals surface area contributed by atoms with Crippen LogP contribution in [0.1, 0.15) is 34.0 Å². The van der Waals surface area contributed by atoms with Crippen LogP contribution in [0, 0.1) is 6.92 Å². The maximum atomic E-state index is 12.5. The molecule has 2 aromatic carbocycles. The van der Waals surface area contributed by atoms with Crippen LogP contribution in [0.25, 0.3) is 0 Å². The van der Waals surface area contributed by atoms with Gasteiger partial charge in [0.05, 0.1) is 0 Å². The summed E-state index contributed by atoms with van der Waals surface area (Å²) >= 11 is 0. The first kappa shape index (κ1) is 12.7. The van der Waals surface area contributed by atoms with Crippen LogP contribution in [0.4, 0.5) is 5.69 Å². The summed E-state index contributed by atoms with van der Waals surface area (Å²) < 4.78 is 5.65. The molecule has 1 aliphatic heterocycles. The Labute approximate surface area is 118 Å². The Morgan fingerprint density at radius 1 is 1.20 bits per heavy atom. The van der Waals surface area contributed by atoms with Crippen molar-refractivity contribution in [2.75, 3.05) is 5.73 Å². The molecule has 0 spiro atoms. The summed E-state index contributed by atoms with van der Waals surface area (Å²) in [7, 11) is 0. The number of hydrogen-bond donors (Lipinski definition) is 1. The minimum Gasteiger partial charge on any atom is -0.490 e. The summed E-state index contributed by atoms with van der Waals surface area (Å²) in [4.78, 5) is 12.5. The standard InChI is InChI=1S/C17H17NO2/c1-10-5-14(9-15(18)6-10)17(19)12-3-4-16-13(8-12)7-11(2)20-16/h3-6,8-9,11H,7,18H2,1-2H3. The Morgan fingerprint density at radius 2 is 2.00 bits per heavy atom. The van der Waals surface area contributed by atoms with E-state index in [0.29, 0.717) is 16.8 Å². The van der Waals surface area contributed by atoms with Gasteiger partial charge in [0.15, 0.2) is 5.78 Å². The van der Waals surface area contributed by atoms with E-state index >= 15 is 0 Å². The number of ketones is 1. The first-order valence-electron chi connectivity index (χ1n) is 6.74. The fourth-order valence-corrected chi connectivity index (χ4v) is 2.67. The highest BCUT2D eigenvalue weighted by molar-refractivity contribution is 6.09. The van der Waals surface area contributed by atoms with Crippen molar-refractivity contribution in [1.82, 2.24) is 0 Å². The van der Waals surface area contributed by atoms with Crippen LogP contribution in [0.2, 0.25) is 0 Å².